The van der Waals surface area contributed by atoms with Crippen LogP contribution in [0.3, 0.4) is 0 Å². The van der Waals surface area contributed by atoms with Crippen LogP contribution in [-0.4, -0.2) is 28.2 Å². The first-order valence-corrected chi connectivity index (χ1v) is 5.75. The van der Waals surface area contributed by atoms with Crippen LogP contribution in [0.2, 0.25) is 0 Å². The standard InChI is InChI=1S/C11H12N2OS/c1-11(14)6-13(7-11)10-8-4-2-3-5-9(8)12-15-10/h2-5,14H,6-7H2,1H3. The number of anilines is 1. The van der Waals surface area contributed by atoms with Crippen LogP contribution in [0.1, 0.15) is 6.92 Å². The lowest BCUT2D eigenvalue weighted by atomic mass is 9.97. The monoisotopic (exact) mass is 220 g/mol. The Kier molecular flexibility index (Phi) is 1.78. The van der Waals surface area contributed by atoms with E-state index in [9.17, 15) is 5.11 Å². The molecule has 1 fully saturated rings. The average molecular weight is 220 g/mol. The quantitative estimate of drug-likeness (QED) is 0.797. The summed E-state index contributed by atoms with van der Waals surface area (Å²) in [4.78, 5) is 2.18. The highest BCUT2D eigenvalue weighted by Gasteiger charge is 2.37. The molecule has 1 aliphatic heterocycles. The van der Waals surface area contributed by atoms with E-state index >= 15 is 0 Å². The number of benzene rings is 1. The number of nitrogens with zero attached hydrogens (tertiary/aromatic N) is 2. The number of aromatic nitrogens is 1. The van der Waals surface area contributed by atoms with Crippen LogP contribution >= 0.6 is 11.5 Å². The van der Waals surface area contributed by atoms with E-state index in [0.29, 0.717) is 13.1 Å². The maximum atomic E-state index is 9.70. The molecule has 0 saturated carbocycles. The third-order valence-electron chi connectivity index (χ3n) is 2.72. The van der Waals surface area contributed by atoms with Gasteiger partial charge in [0.1, 0.15) is 5.00 Å². The molecule has 0 radical (unpaired) electrons. The molecule has 0 spiro atoms. The van der Waals surface area contributed by atoms with Gasteiger partial charge in [-0.05, 0) is 30.6 Å². The van der Waals surface area contributed by atoms with Crippen LogP contribution in [0.4, 0.5) is 5.00 Å². The third kappa shape index (κ3) is 1.41. The molecule has 1 aliphatic rings. The zero-order valence-electron chi connectivity index (χ0n) is 8.47. The van der Waals surface area contributed by atoms with Gasteiger partial charge in [0, 0.05) is 18.5 Å². The first kappa shape index (κ1) is 9.12. The fourth-order valence-corrected chi connectivity index (χ4v) is 2.88. The molecule has 1 aromatic carbocycles. The molecule has 78 valence electrons. The molecule has 0 unspecified atom stereocenters. The maximum Gasteiger partial charge on any atom is 0.120 e. The maximum absolute atomic E-state index is 9.70. The zero-order chi connectivity index (χ0) is 10.5. The summed E-state index contributed by atoms with van der Waals surface area (Å²) < 4.78 is 4.39. The van der Waals surface area contributed by atoms with E-state index in [4.69, 9.17) is 0 Å². The van der Waals surface area contributed by atoms with Crippen molar-refractivity contribution in [3.63, 3.8) is 0 Å². The Hall–Kier alpha value is -1.13. The van der Waals surface area contributed by atoms with Crippen LogP contribution in [0.15, 0.2) is 24.3 Å². The molecule has 1 saturated heterocycles. The minimum atomic E-state index is -0.523. The van der Waals surface area contributed by atoms with Gasteiger partial charge in [0.2, 0.25) is 0 Å². The molecule has 2 heterocycles. The predicted molar refractivity (Wildman–Crippen MR) is 62.5 cm³/mol. The summed E-state index contributed by atoms with van der Waals surface area (Å²) in [6, 6.07) is 8.13. The molecule has 0 bridgehead atoms. The molecular formula is C11H12N2OS. The second-order valence-electron chi connectivity index (χ2n) is 4.36. The van der Waals surface area contributed by atoms with Gasteiger partial charge < -0.3 is 10.0 Å². The smallest absolute Gasteiger partial charge is 0.120 e. The Morgan fingerprint density at radius 2 is 2.13 bits per heavy atom. The van der Waals surface area contributed by atoms with Crippen LogP contribution in [-0.2, 0) is 0 Å². The molecule has 0 aliphatic carbocycles. The molecule has 1 aromatic heterocycles. The highest BCUT2D eigenvalue weighted by atomic mass is 32.1. The topological polar surface area (TPSA) is 36.4 Å². The number of aliphatic hydroxyl groups is 1. The number of hydrogen-bond acceptors (Lipinski definition) is 4. The summed E-state index contributed by atoms with van der Waals surface area (Å²) in [6.07, 6.45) is 0. The Morgan fingerprint density at radius 1 is 1.40 bits per heavy atom. The lowest BCUT2D eigenvalue weighted by Gasteiger charge is -2.44. The van der Waals surface area contributed by atoms with Crippen molar-refractivity contribution in [2.24, 2.45) is 0 Å². The van der Waals surface area contributed by atoms with Crippen molar-refractivity contribution in [3.8, 4) is 0 Å². The van der Waals surface area contributed by atoms with Gasteiger partial charge >= 0.3 is 0 Å². The van der Waals surface area contributed by atoms with Crippen LogP contribution in [0.5, 0.6) is 0 Å². The van der Waals surface area contributed by atoms with Gasteiger partial charge in [-0.3, -0.25) is 0 Å². The molecule has 1 N–H and O–H groups in total. The summed E-state index contributed by atoms with van der Waals surface area (Å²) >= 11 is 1.51. The molecule has 15 heavy (non-hydrogen) atoms. The van der Waals surface area contributed by atoms with E-state index in [-0.39, 0.29) is 0 Å². The summed E-state index contributed by atoms with van der Waals surface area (Å²) in [5.74, 6) is 0. The molecule has 0 amide bonds. The van der Waals surface area contributed by atoms with Gasteiger partial charge in [0.15, 0.2) is 0 Å². The first-order chi connectivity index (χ1) is 7.16. The lowest BCUT2D eigenvalue weighted by molar-refractivity contribution is 0.0316. The molecule has 3 rings (SSSR count). The average Bonchev–Trinajstić information content (AvgIpc) is 2.57. The molecule has 4 heteroatoms. The van der Waals surface area contributed by atoms with E-state index in [1.54, 1.807) is 0 Å². The van der Waals surface area contributed by atoms with E-state index in [2.05, 4.69) is 15.3 Å². The predicted octanol–water partition coefficient (Wildman–Crippen LogP) is 1.87. The Labute approximate surface area is 92.1 Å². The second kappa shape index (κ2) is 2.93. The fraction of sp³-hybridized carbons (Fsp3) is 0.364. The van der Waals surface area contributed by atoms with E-state index < -0.39 is 5.60 Å². The fourth-order valence-electron chi connectivity index (χ4n) is 2.02. The van der Waals surface area contributed by atoms with E-state index in [1.807, 2.05) is 25.1 Å². The SMILES string of the molecule is CC1(O)CN(c2snc3ccccc23)C1. The minimum absolute atomic E-state index is 0.523. The zero-order valence-corrected chi connectivity index (χ0v) is 9.29. The van der Waals surface area contributed by atoms with Crippen molar-refractivity contribution in [3.05, 3.63) is 24.3 Å². The number of β-amino-alcohol motifs (C(OH)–C–C–N with tert-alkyl or cyclic N) is 1. The van der Waals surface area contributed by atoms with Gasteiger partial charge in [-0.1, -0.05) is 12.1 Å². The van der Waals surface area contributed by atoms with Crippen molar-refractivity contribution in [1.82, 2.24) is 4.37 Å². The number of hydrogen-bond donors (Lipinski definition) is 1. The summed E-state index contributed by atoms with van der Waals surface area (Å²) in [6.45, 7) is 3.28. The van der Waals surface area contributed by atoms with Crippen molar-refractivity contribution >= 4 is 27.4 Å². The Balaban J connectivity index is 1.99. The van der Waals surface area contributed by atoms with Gasteiger partial charge in [-0.25, -0.2) is 0 Å². The second-order valence-corrected chi connectivity index (χ2v) is 5.11. The molecular weight excluding hydrogens is 208 g/mol. The highest BCUT2D eigenvalue weighted by Crippen LogP contribution is 2.36. The van der Waals surface area contributed by atoms with Gasteiger partial charge in [0.25, 0.3) is 0 Å². The number of rotatable bonds is 1. The number of fused-ring (bicyclic) bond motifs is 1. The van der Waals surface area contributed by atoms with Gasteiger partial charge in [-0.2, -0.15) is 4.37 Å². The van der Waals surface area contributed by atoms with Crippen molar-refractivity contribution in [2.45, 2.75) is 12.5 Å². The van der Waals surface area contributed by atoms with Crippen molar-refractivity contribution < 1.29 is 5.11 Å². The molecule has 2 aromatic rings. The summed E-state index contributed by atoms with van der Waals surface area (Å²) in [7, 11) is 0. The Morgan fingerprint density at radius 3 is 2.87 bits per heavy atom. The van der Waals surface area contributed by atoms with Crippen molar-refractivity contribution in [2.75, 3.05) is 18.0 Å². The van der Waals surface area contributed by atoms with Gasteiger partial charge in [-0.15, -0.1) is 0 Å². The normalized spacial score (nSPS) is 19.2. The Bertz CT molecular complexity index is 498. The van der Waals surface area contributed by atoms with Gasteiger partial charge in [0.05, 0.1) is 11.1 Å². The lowest BCUT2D eigenvalue weighted by Crippen LogP contribution is -2.59. The first-order valence-electron chi connectivity index (χ1n) is 4.97. The van der Waals surface area contributed by atoms with Crippen LogP contribution < -0.4 is 4.90 Å². The van der Waals surface area contributed by atoms with Crippen molar-refractivity contribution in [1.29, 1.82) is 0 Å². The third-order valence-corrected chi connectivity index (χ3v) is 3.65. The summed E-state index contributed by atoms with van der Waals surface area (Å²) in [5.41, 5.74) is 0.523. The largest absolute Gasteiger partial charge is 0.386 e. The van der Waals surface area contributed by atoms with Crippen LogP contribution in [0.25, 0.3) is 10.9 Å². The van der Waals surface area contributed by atoms with E-state index in [0.717, 1.165) is 5.52 Å². The van der Waals surface area contributed by atoms with Crippen LogP contribution in [0, 0.1) is 0 Å². The molecule has 0 atom stereocenters. The minimum Gasteiger partial charge on any atom is -0.386 e. The van der Waals surface area contributed by atoms with E-state index in [1.165, 1.54) is 21.9 Å². The highest BCUT2D eigenvalue weighted by molar-refractivity contribution is 7.11. The summed E-state index contributed by atoms with van der Waals surface area (Å²) in [5, 5.41) is 12.1. The molecule has 3 nitrogen and oxygen atoms in total.